The highest BCUT2D eigenvalue weighted by molar-refractivity contribution is 5.69. The van der Waals surface area contributed by atoms with Gasteiger partial charge in [0.15, 0.2) is 0 Å². The van der Waals surface area contributed by atoms with E-state index in [9.17, 15) is 4.79 Å². The minimum Gasteiger partial charge on any atom is -0.444 e. The van der Waals surface area contributed by atoms with Crippen LogP contribution in [-0.4, -0.2) is 41.8 Å². The van der Waals surface area contributed by atoms with Gasteiger partial charge in [-0.1, -0.05) is 6.92 Å². The highest BCUT2D eigenvalue weighted by Crippen LogP contribution is 2.30. The number of amides is 1. The average molecular weight is 212 g/mol. The van der Waals surface area contributed by atoms with Gasteiger partial charge in [0.05, 0.1) is 6.04 Å². The lowest BCUT2D eigenvalue weighted by atomic mass is 10.0. The molecule has 2 heterocycles. The maximum absolute atomic E-state index is 11.9. The fraction of sp³-hybridized carbons (Fsp3) is 0.909. The number of hydrogen-bond acceptors (Lipinski definition) is 3. The van der Waals surface area contributed by atoms with Crippen molar-refractivity contribution in [2.24, 2.45) is 5.92 Å². The molecular formula is C11H20N2O2. The van der Waals surface area contributed by atoms with Crippen molar-refractivity contribution in [1.82, 2.24) is 10.2 Å². The van der Waals surface area contributed by atoms with Crippen molar-refractivity contribution < 1.29 is 9.53 Å². The van der Waals surface area contributed by atoms with Gasteiger partial charge in [0.1, 0.15) is 5.60 Å². The fourth-order valence-electron chi connectivity index (χ4n) is 2.41. The first kappa shape index (κ1) is 10.7. The van der Waals surface area contributed by atoms with E-state index in [2.05, 4.69) is 12.2 Å². The van der Waals surface area contributed by atoms with E-state index in [-0.39, 0.29) is 6.09 Å². The van der Waals surface area contributed by atoms with Gasteiger partial charge in [-0.05, 0) is 26.7 Å². The molecule has 0 aromatic rings. The molecule has 2 bridgehead atoms. The summed E-state index contributed by atoms with van der Waals surface area (Å²) in [6.45, 7) is 9.61. The van der Waals surface area contributed by atoms with Crippen molar-refractivity contribution in [3.8, 4) is 0 Å². The third-order valence-electron chi connectivity index (χ3n) is 3.25. The van der Waals surface area contributed by atoms with E-state index < -0.39 is 5.60 Å². The Hall–Kier alpha value is -0.770. The summed E-state index contributed by atoms with van der Waals surface area (Å²) in [5.41, 5.74) is -0.393. The van der Waals surface area contributed by atoms with E-state index in [1.54, 1.807) is 0 Å². The van der Waals surface area contributed by atoms with Gasteiger partial charge in [0.25, 0.3) is 0 Å². The maximum atomic E-state index is 11.9. The smallest absolute Gasteiger partial charge is 0.410 e. The van der Waals surface area contributed by atoms with Crippen LogP contribution in [0.5, 0.6) is 0 Å². The van der Waals surface area contributed by atoms with Gasteiger partial charge in [0.2, 0.25) is 0 Å². The summed E-state index contributed by atoms with van der Waals surface area (Å²) in [5, 5.41) is 3.40. The van der Waals surface area contributed by atoms with Crippen molar-refractivity contribution in [2.45, 2.75) is 45.4 Å². The number of ether oxygens (including phenoxy) is 1. The molecule has 1 amide bonds. The molecule has 0 aromatic carbocycles. The Balaban J connectivity index is 1.99. The quantitative estimate of drug-likeness (QED) is 0.656. The minimum atomic E-state index is -0.393. The summed E-state index contributed by atoms with van der Waals surface area (Å²) in [5.74, 6) is 0.553. The second-order valence-corrected chi connectivity index (χ2v) is 5.57. The lowest BCUT2D eigenvalue weighted by Gasteiger charge is -2.30. The number of carbonyl (C=O) groups is 1. The normalized spacial score (nSPS) is 34.7. The van der Waals surface area contributed by atoms with Crippen LogP contribution in [0, 0.1) is 5.92 Å². The van der Waals surface area contributed by atoms with Gasteiger partial charge < -0.3 is 15.0 Å². The second-order valence-electron chi connectivity index (χ2n) is 5.57. The summed E-state index contributed by atoms with van der Waals surface area (Å²) < 4.78 is 5.38. The number of fused-ring (bicyclic) bond motifs is 2. The van der Waals surface area contributed by atoms with E-state index in [1.807, 2.05) is 25.7 Å². The van der Waals surface area contributed by atoms with Crippen LogP contribution in [0.15, 0.2) is 0 Å². The highest BCUT2D eigenvalue weighted by atomic mass is 16.6. The molecule has 2 fully saturated rings. The zero-order valence-corrected chi connectivity index (χ0v) is 9.91. The van der Waals surface area contributed by atoms with E-state index in [4.69, 9.17) is 4.74 Å². The molecule has 3 atom stereocenters. The van der Waals surface area contributed by atoms with Crippen LogP contribution in [0.4, 0.5) is 4.79 Å². The highest BCUT2D eigenvalue weighted by Gasteiger charge is 2.47. The fourth-order valence-corrected chi connectivity index (χ4v) is 2.41. The minimum absolute atomic E-state index is 0.164. The van der Waals surface area contributed by atoms with E-state index in [0.29, 0.717) is 18.0 Å². The van der Waals surface area contributed by atoms with Crippen molar-refractivity contribution in [1.29, 1.82) is 0 Å². The zero-order valence-electron chi connectivity index (χ0n) is 9.91. The number of hydrogen-bond donors (Lipinski definition) is 1. The lowest BCUT2D eigenvalue weighted by molar-refractivity contribution is 0.0195. The van der Waals surface area contributed by atoms with E-state index in [1.165, 1.54) is 0 Å². The molecule has 0 saturated carbocycles. The first-order chi connectivity index (χ1) is 6.88. The Kier molecular flexibility index (Phi) is 2.41. The first-order valence-corrected chi connectivity index (χ1v) is 5.61. The molecular weight excluding hydrogens is 192 g/mol. The second kappa shape index (κ2) is 3.37. The molecule has 1 N–H and O–H groups in total. The molecule has 15 heavy (non-hydrogen) atoms. The van der Waals surface area contributed by atoms with E-state index in [0.717, 1.165) is 13.1 Å². The molecule has 2 saturated heterocycles. The van der Waals surface area contributed by atoms with Crippen LogP contribution in [0.3, 0.4) is 0 Å². The van der Waals surface area contributed by atoms with Crippen molar-refractivity contribution in [2.75, 3.05) is 13.1 Å². The summed E-state index contributed by atoms with van der Waals surface area (Å²) in [4.78, 5) is 13.7. The van der Waals surface area contributed by atoms with Gasteiger partial charge in [-0.25, -0.2) is 4.79 Å². The average Bonchev–Trinajstić information content (AvgIpc) is 2.59. The Morgan fingerprint density at radius 2 is 2.13 bits per heavy atom. The van der Waals surface area contributed by atoms with Gasteiger partial charge in [-0.3, -0.25) is 0 Å². The number of piperazine rings is 1. The van der Waals surface area contributed by atoms with Crippen LogP contribution in [0.25, 0.3) is 0 Å². The van der Waals surface area contributed by atoms with Crippen LogP contribution < -0.4 is 5.32 Å². The van der Waals surface area contributed by atoms with Crippen molar-refractivity contribution in [3.63, 3.8) is 0 Å². The summed E-state index contributed by atoms with van der Waals surface area (Å²) in [7, 11) is 0. The Morgan fingerprint density at radius 1 is 1.47 bits per heavy atom. The molecule has 4 nitrogen and oxygen atoms in total. The van der Waals surface area contributed by atoms with Crippen LogP contribution in [0.2, 0.25) is 0 Å². The predicted molar refractivity (Wildman–Crippen MR) is 57.7 cm³/mol. The van der Waals surface area contributed by atoms with Gasteiger partial charge in [-0.2, -0.15) is 0 Å². The van der Waals surface area contributed by atoms with Crippen LogP contribution in [0.1, 0.15) is 27.7 Å². The molecule has 0 spiro atoms. The molecule has 2 rings (SSSR count). The first-order valence-electron chi connectivity index (χ1n) is 5.61. The number of nitrogens with zero attached hydrogens (tertiary/aromatic N) is 1. The maximum Gasteiger partial charge on any atom is 0.410 e. The molecule has 4 heteroatoms. The topological polar surface area (TPSA) is 41.6 Å². The summed E-state index contributed by atoms with van der Waals surface area (Å²) in [6, 6.07) is 0.785. The summed E-state index contributed by atoms with van der Waals surface area (Å²) in [6.07, 6.45) is -0.164. The SMILES string of the molecule is CC1C2CN(C(=O)OC(C)(C)C)C1CN2. The number of rotatable bonds is 0. The van der Waals surface area contributed by atoms with Gasteiger partial charge in [-0.15, -0.1) is 0 Å². The molecule has 86 valence electrons. The third kappa shape index (κ3) is 1.95. The molecule has 0 aromatic heterocycles. The van der Waals surface area contributed by atoms with Crippen LogP contribution in [-0.2, 0) is 4.74 Å². The van der Waals surface area contributed by atoms with E-state index >= 15 is 0 Å². The Morgan fingerprint density at radius 3 is 2.53 bits per heavy atom. The molecule has 2 aliphatic heterocycles. The lowest BCUT2D eigenvalue weighted by Crippen LogP contribution is -2.48. The predicted octanol–water partition coefficient (Wildman–Crippen LogP) is 1.21. The zero-order chi connectivity index (χ0) is 11.2. The monoisotopic (exact) mass is 212 g/mol. The third-order valence-corrected chi connectivity index (χ3v) is 3.25. The standard InChI is InChI=1S/C11H20N2O2/c1-7-8-6-13(9(7)5-12-8)10(14)15-11(2,3)4/h7-9,12H,5-6H2,1-4H3. The number of likely N-dealkylation sites (tertiary alicyclic amines) is 1. The van der Waals surface area contributed by atoms with Crippen LogP contribution >= 0.6 is 0 Å². The largest absolute Gasteiger partial charge is 0.444 e. The molecule has 0 radical (unpaired) electrons. The number of carbonyl (C=O) groups excluding carboxylic acids is 1. The Bertz CT molecular complexity index is 272. The number of nitrogens with one attached hydrogen (secondary N) is 1. The van der Waals surface area contributed by atoms with Gasteiger partial charge >= 0.3 is 6.09 Å². The van der Waals surface area contributed by atoms with Crippen molar-refractivity contribution >= 4 is 6.09 Å². The van der Waals surface area contributed by atoms with Crippen molar-refractivity contribution in [3.05, 3.63) is 0 Å². The van der Waals surface area contributed by atoms with Gasteiger partial charge in [0, 0.05) is 19.1 Å². The molecule has 0 aliphatic carbocycles. The Labute approximate surface area is 91.0 Å². The molecule has 3 unspecified atom stereocenters. The molecule has 2 aliphatic rings. The summed E-state index contributed by atoms with van der Waals surface area (Å²) >= 11 is 0.